The summed E-state index contributed by atoms with van der Waals surface area (Å²) < 4.78 is 5.73. The zero-order valence-electron chi connectivity index (χ0n) is 17.9. The number of rotatable bonds is 9. The number of ether oxygens (including phenoxy) is 1. The molecule has 7 heteroatoms. The van der Waals surface area contributed by atoms with E-state index < -0.39 is 0 Å². The number of amides is 1. The molecule has 1 amide bonds. The maximum atomic E-state index is 12.4. The molecule has 0 unspecified atom stereocenters. The quantitative estimate of drug-likeness (QED) is 0.657. The lowest BCUT2D eigenvalue weighted by molar-refractivity contribution is -0.121. The molecule has 1 heterocycles. The average molecular weight is 413 g/mol. The van der Waals surface area contributed by atoms with Gasteiger partial charge < -0.3 is 15.0 Å². The molecule has 162 valence electrons. The van der Waals surface area contributed by atoms with Crippen LogP contribution in [0.2, 0.25) is 0 Å². The summed E-state index contributed by atoms with van der Waals surface area (Å²) in [4.78, 5) is 27.3. The van der Waals surface area contributed by atoms with E-state index in [0.29, 0.717) is 24.3 Å². The molecule has 1 aliphatic rings. The highest BCUT2D eigenvalue weighted by molar-refractivity contribution is 5.76. The highest BCUT2D eigenvalue weighted by atomic mass is 16.5. The molecule has 3 rings (SSSR count). The Bertz CT molecular complexity index is 888. The molecule has 2 N–H and O–H groups in total. The van der Waals surface area contributed by atoms with E-state index in [2.05, 4.69) is 34.3 Å². The number of carbonyl (C=O) groups is 1. The summed E-state index contributed by atoms with van der Waals surface area (Å²) >= 11 is 0. The van der Waals surface area contributed by atoms with Gasteiger partial charge in [-0.3, -0.25) is 9.59 Å². The van der Waals surface area contributed by atoms with Gasteiger partial charge in [0.15, 0.2) is 5.82 Å². The normalized spacial score (nSPS) is 14.6. The van der Waals surface area contributed by atoms with E-state index in [-0.39, 0.29) is 30.0 Å². The van der Waals surface area contributed by atoms with Crippen LogP contribution in [0, 0.1) is 11.8 Å². The lowest BCUT2D eigenvalue weighted by Crippen LogP contribution is -2.31. The summed E-state index contributed by atoms with van der Waals surface area (Å²) in [5, 5.41) is 11.2. The van der Waals surface area contributed by atoms with Gasteiger partial charge in [0.2, 0.25) is 5.91 Å². The van der Waals surface area contributed by atoms with Gasteiger partial charge in [0.05, 0.1) is 6.61 Å². The molecule has 0 aliphatic heterocycles. The summed E-state index contributed by atoms with van der Waals surface area (Å²) in [5.41, 5.74) is 0.699. The first kappa shape index (κ1) is 22.0. The van der Waals surface area contributed by atoms with Crippen LogP contribution in [-0.4, -0.2) is 34.2 Å². The zero-order valence-corrected chi connectivity index (χ0v) is 17.9. The number of hydrogen-bond acceptors (Lipinski definition) is 5. The molecule has 30 heavy (non-hydrogen) atoms. The number of aryl methyl sites for hydroxylation is 1. The van der Waals surface area contributed by atoms with Crippen molar-refractivity contribution in [3.05, 3.63) is 40.3 Å². The van der Waals surface area contributed by atoms with Crippen LogP contribution < -0.4 is 15.6 Å². The fraction of sp³-hybridized carbons (Fsp3) is 0.565. The lowest BCUT2D eigenvalue weighted by Gasteiger charge is -2.21. The summed E-state index contributed by atoms with van der Waals surface area (Å²) in [5.74, 6) is 2.08. The van der Waals surface area contributed by atoms with E-state index in [1.54, 1.807) is 0 Å². The van der Waals surface area contributed by atoms with Crippen LogP contribution in [0.3, 0.4) is 0 Å². The molecule has 1 fully saturated rings. The molecular formula is C23H32N4O3. The van der Waals surface area contributed by atoms with Crippen LogP contribution >= 0.6 is 0 Å². The summed E-state index contributed by atoms with van der Waals surface area (Å²) in [7, 11) is 0. The molecule has 1 saturated carbocycles. The Balaban J connectivity index is 1.54. The van der Waals surface area contributed by atoms with Crippen molar-refractivity contribution in [1.82, 2.24) is 20.5 Å². The summed E-state index contributed by atoms with van der Waals surface area (Å²) in [6.07, 6.45) is 6.71. The van der Waals surface area contributed by atoms with Crippen molar-refractivity contribution in [2.24, 2.45) is 11.8 Å². The predicted octanol–water partition coefficient (Wildman–Crippen LogP) is 3.50. The van der Waals surface area contributed by atoms with Crippen LogP contribution in [0.1, 0.15) is 58.1 Å². The average Bonchev–Trinajstić information content (AvgIpc) is 2.76. The molecule has 0 spiro atoms. The van der Waals surface area contributed by atoms with E-state index in [9.17, 15) is 9.59 Å². The van der Waals surface area contributed by atoms with Gasteiger partial charge in [0.25, 0.3) is 5.56 Å². The highest BCUT2D eigenvalue weighted by Gasteiger charge is 2.15. The standard InChI is InChI=1S/C23H32N4O3/c1-16(2)15-30-19-10-6-9-18(13-19)22-25-23(29)20(26-27-22)11-12-21(28)24-14-17-7-4-3-5-8-17/h6,9-10,13,16-17H,3-5,7-8,11-12,14-15H2,1-2H3,(H,24,28)(H,25,27,29). The highest BCUT2D eigenvalue weighted by Crippen LogP contribution is 2.23. The maximum absolute atomic E-state index is 12.4. The smallest absolute Gasteiger partial charge is 0.273 e. The van der Waals surface area contributed by atoms with Crippen molar-refractivity contribution in [3.63, 3.8) is 0 Å². The van der Waals surface area contributed by atoms with E-state index in [1.165, 1.54) is 32.1 Å². The monoisotopic (exact) mass is 412 g/mol. The first-order valence-electron chi connectivity index (χ1n) is 11.0. The second kappa shape index (κ2) is 10.9. The Kier molecular flexibility index (Phi) is 7.99. The lowest BCUT2D eigenvalue weighted by atomic mass is 9.89. The molecule has 0 bridgehead atoms. The van der Waals surface area contributed by atoms with Crippen molar-refractivity contribution in [2.75, 3.05) is 13.2 Å². The van der Waals surface area contributed by atoms with Crippen LogP contribution in [0.4, 0.5) is 0 Å². The van der Waals surface area contributed by atoms with Gasteiger partial charge in [-0.25, -0.2) is 0 Å². The first-order chi connectivity index (χ1) is 14.5. The van der Waals surface area contributed by atoms with Crippen LogP contribution in [0.25, 0.3) is 11.4 Å². The number of carbonyl (C=O) groups excluding carboxylic acids is 1. The Labute approximate surface area is 177 Å². The van der Waals surface area contributed by atoms with E-state index in [0.717, 1.165) is 17.9 Å². The number of nitrogens with one attached hydrogen (secondary N) is 2. The van der Waals surface area contributed by atoms with Gasteiger partial charge in [0.1, 0.15) is 11.4 Å². The van der Waals surface area contributed by atoms with Gasteiger partial charge in [-0.2, -0.15) is 0 Å². The summed E-state index contributed by atoms with van der Waals surface area (Å²) in [6, 6.07) is 7.41. The summed E-state index contributed by atoms with van der Waals surface area (Å²) in [6.45, 7) is 5.52. The largest absolute Gasteiger partial charge is 0.493 e. The number of benzene rings is 1. The zero-order chi connectivity index (χ0) is 21.3. The van der Waals surface area contributed by atoms with Gasteiger partial charge in [-0.15, -0.1) is 10.2 Å². The maximum Gasteiger partial charge on any atom is 0.273 e. The number of H-pyrrole nitrogens is 1. The van der Waals surface area contributed by atoms with Gasteiger partial charge in [-0.05, 0) is 36.8 Å². The molecule has 7 nitrogen and oxygen atoms in total. The molecule has 2 aromatic rings. The topological polar surface area (TPSA) is 97.0 Å². The third-order valence-electron chi connectivity index (χ3n) is 5.36. The molecule has 1 aromatic heterocycles. The molecule has 0 saturated heterocycles. The molecule has 1 aliphatic carbocycles. The minimum atomic E-state index is -0.311. The van der Waals surface area contributed by atoms with Crippen LogP contribution in [-0.2, 0) is 11.2 Å². The second-order valence-electron chi connectivity index (χ2n) is 8.49. The van der Waals surface area contributed by atoms with Crippen molar-refractivity contribution >= 4 is 5.91 Å². The number of hydrogen-bond donors (Lipinski definition) is 2. The van der Waals surface area contributed by atoms with E-state index >= 15 is 0 Å². The Morgan fingerprint density at radius 1 is 1.23 bits per heavy atom. The minimum Gasteiger partial charge on any atom is -0.493 e. The SMILES string of the molecule is CC(C)COc1cccc(-c2nnc(CCC(=O)NCC3CCCCC3)c(=O)[nH]2)c1. The predicted molar refractivity (Wildman–Crippen MR) is 116 cm³/mol. The molecule has 1 aromatic carbocycles. The van der Waals surface area contributed by atoms with Gasteiger partial charge in [-0.1, -0.05) is 45.2 Å². The first-order valence-corrected chi connectivity index (χ1v) is 11.0. The minimum absolute atomic E-state index is 0.0409. The Morgan fingerprint density at radius 3 is 2.77 bits per heavy atom. The second-order valence-corrected chi connectivity index (χ2v) is 8.49. The van der Waals surface area contributed by atoms with E-state index in [4.69, 9.17) is 4.74 Å². The van der Waals surface area contributed by atoms with Crippen LogP contribution in [0.15, 0.2) is 29.1 Å². The van der Waals surface area contributed by atoms with Gasteiger partial charge in [0, 0.05) is 24.9 Å². The Hall–Kier alpha value is -2.70. The third kappa shape index (κ3) is 6.68. The molecule has 0 radical (unpaired) electrons. The Morgan fingerprint density at radius 2 is 2.03 bits per heavy atom. The third-order valence-corrected chi connectivity index (χ3v) is 5.36. The van der Waals surface area contributed by atoms with Crippen molar-refractivity contribution in [2.45, 2.75) is 58.8 Å². The van der Waals surface area contributed by atoms with Gasteiger partial charge >= 0.3 is 0 Å². The van der Waals surface area contributed by atoms with Crippen molar-refractivity contribution in [1.29, 1.82) is 0 Å². The molecule has 0 atom stereocenters. The fourth-order valence-electron chi connectivity index (χ4n) is 3.62. The van der Waals surface area contributed by atoms with E-state index in [1.807, 2.05) is 24.3 Å². The number of aromatic nitrogens is 3. The fourth-order valence-corrected chi connectivity index (χ4v) is 3.62. The van der Waals surface area contributed by atoms with Crippen molar-refractivity contribution < 1.29 is 9.53 Å². The molecular weight excluding hydrogens is 380 g/mol. The van der Waals surface area contributed by atoms with Crippen LogP contribution in [0.5, 0.6) is 5.75 Å². The number of nitrogens with zero attached hydrogens (tertiary/aromatic N) is 2. The van der Waals surface area contributed by atoms with Crippen molar-refractivity contribution in [3.8, 4) is 17.1 Å². The number of aromatic amines is 1.